The van der Waals surface area contributed by atoms with Gasteiger partial charge in [-0.1, -0.05) is 11.8 Å². The molecule has 1 fully saturated rings. The van der Waals surface area contributed by atoms with Crippen molar-refractivity contribution in [2.24, 2.45) is 0 Å². The first-order chi connectivity index (χ1) is 12.2. The molecule has 0 unspecified atom stereocenters. The summed E-state index contributed by atoms with van der Waals surface area (Å²) < 4.78 is 18.5. The number of nitrogens with zero attached hydrogens (tertiary/aromatic N) is 5. The van der Waals surface area contributed by atoms with Crippen LogP contribution in [0.2, 0.25) is 5.28 Å². The minimum atomic E-state index is -0.281. The Morgan fingerprint density at radius 2 is 1.80 bits per heavy atom. The first-order valence-electron chi connectivity index (χ1n) is 7.65. The van der Waals surface area contributed by atoms with Gasteiger partial charge in [-0.3, -0.25) is 0 Å². The summed E-state index contributed by atoms with van der Waals surface area (Å²) in [6.07, 6.45) is 1.48. The first-order valence-corrected chi connectivity index (χ1v) is 8.84. The number of morpholine rings is 1. The van der Waals surface area contributed by atoms with E-state index >= 15 is 0 Å². The number of ether oxygens (including phenoxy) is 1. The van der Waals surface area contributed by atoms with Gasteiger partial charge in [-0.15, -0.1) is 0 Å². The van der Waals surface area contributed by atoms with Crippen molar-refractivity contribution in [3.05, 3.63) is 41.7 Å². The highest BCUT2D eigenvalue weighted by atomic mass is 35.5. The Kier molecular flexibility index (Phi) is 4.65. The summed E-state index contributed by atoms with van der Waals surface area (Å²) in [6.45, 7) is 2.69. The van der Waals surface area contributed by atoms with E-state index in [1.165, 1.54) is 30.2 Å². The van der Waals surface area contributed by atoms with Crippen LogP contribution >= 0.6 is 23.4 Å². The monoisotopic (exact) mass is 377 g/mol. The van der Waals surface area contributed by atoms with Gasteiger partial charge in [0, 0.05) is 18.0 Å². The number of fused-ring (bicyclic) bond motifs is 1. The lowest BCUT2D eigenvalue weighted by Gasteiger charge is -2.28. The largest absolute Gasteiger partial charge is 0.378 e. The van der Waals surface area contributed by atoms with Gasteiger partial charge in [0.25, 0.3) is 0 Å². The van der Waals surface area contributed by atoms with Crippen molar-refractivity contribution in [1.29, 1.82) is 0 Å². The molecule has 0 radical (unpaired) electrons. The average Bonchev–Trinajstić information content (AvgIpc) is 2.64. The van der Waals surface area contributed by atoms with Gasteiger partial charge < -0.3 is 9.64 Å². The molecule has 1 aromatic carbocycles. The lowest BCUT2D eigenvalue weighted by molar-refractivity contribution is 0.122. The van der Waals surface area contributed by atoms with E-state index in [-0.39, 0.29) is 11.1 Å². The number of anilines is 1. The van der Waals surface area contributed by atoms with Gasteiger partial charge in [0.1, 0.15) is 28.2 Å². The van der Waals surface area contributed by atoms with Gasteiger partial charge in [-0.05, 0) is 35.9 Å². The predicted octanol–water partition coefficient (Wildman–Crippen LogP) is 3.20. The second kappa shape index (κ2) is 7.07. The SMILES string of the molecule is Fc1ccc(Sc2ncnc3c(N4CCOCC4)nc(Cl)nc23)cc1. The van der Waals surface area contributed by atoms with E-state index in [0.717, 1.165) is 4.90 Å². The molecule has 3 aromatic rings. The predicted molar refractivity (Wildman–Crippen MR) is 93.7 cm³/mol. The maximum Gasteiger partial charge on any atom is 0.225 e. The second-order valence-corrected chi connectivity index (χ2v) is 6.75. The molecule has 4 rings (SSSR count). The van der Waals surface area contributed by atoms with Gasteiger partial charge in [0.2, 0.25) is 5.28 Å². The summed E-state index contributed by atoms with van der Waals surface area (Å²) in [5.74, 6) is 0.401. The lowest BCUT2D eigenvalue weighted by Crippen LogP contribution is -2.37. The molecule has 1 aliphatic heterocycles. The molecule has 128 valence electrons. The molecule has 1 saturated heterocycles. The smallest absolute Gasteiger partial charge is 0.225 e. The Hall–Kier alpha value is -2.03. The molecule has 3 heterocycles. The summed E-state index contributed by atoms with van der Waals surface area (Å²) in [7, 11) is 0. The number of aromatic nitrogens is 4. The minimum Gasteiger partial charge on any atom is -0.378 e. The molecule has 2 aromatic heterocycles. The first kappa shape index (κ1) is 16.4. The highest BCUT2D eigenvalue weighted by Crippen LogP contribution is 2.33. The van der Waals surface area contributed by atoms with Crippen LogP contribution in [0.5, 0.6) is 0 Å². The summed E-state index contributed by atoms with van der Waals surface area (Å²) in [5.41, 5.74) is 1.23. The van der Waals surface area contributed by atoms with E-state index in [9.17, 15) is 4.39 Å². The Morgan fingerprint density at radius 3 is 2.56 bits per heavy atom. The standard InChI is InChI=1S/C16H13ClFN5OS/c17-16-21-13-12(14(22-16)23-5-7-24-8-6-23)19-9-20-15(13)25-11-3-1-10(18)2-4-11/h1-4,9H,5-8H2. The van der Waals surface area contributed by atoms with E-state index in [1.54, 1.807) is 12.1 Å². The molecule has 0 amide bonds. The van der Waals surface area contributed by atoms with Gasteiger partial charge >= 0.3 is 0 Å². The quantitative estimate of drug-likeness (QED) is 0.513. The molecular formula is C16H13ClFN5OS. The molecule has 0 aliphatic carbocycles. The third kappa shape index (κ3) is 3.51. The van der Waals surface area contributed by atoms with Gasteiger partial charge in [-0.2, -0.15) is 4.98 Å². The van der Waals surface area contributed by atoms with E-state index in [1.807, 2.05) is 0 Å². The molecule has 1 aliphatic rings. The Labute approximate surface area is 152 Å². The van der Waals surface area contributed by atoms with Crippen molar-refractivity contribution in [2.45, 2.75) is 9.92 Å². The van der Waals surface area contributed by atoms with E-state index in [0.29, 0.717) is 48.2 Å². The molecule has 0 spiro atoms. The van der Waals surface area contributed by atoms with Crippen LogP contribution in [0.3, 0.4) is 0 Å². The highest BCUT2D eigenvalue weighted by Gasteiger charge is 2.20. The zero-order valence-corrected chi connectivity index (χ0v) is 14.6. The van der Waals surface area contributed by atoms with E-state index < -0.39 is 0 Å². The Morgan fingerprint density at radius 1 is 1.04 bits per heavy atom. The Balaban J connectivity index is 1.78. The van der Waals surface area contributed by atoms with Crippen LogP contribution in [0.4, 0.5) is 10.2 Å². The summed E-state index contributed by atoms with van der Waals surface area (Å²) >= 11 is 7.52. The third-order valence-electron chi connectivity index (χ3n) is 3.74. The fourth-order valence-electron chi connectivity index (χ4n) is 2.57. The average molecular weight is 378 g/mol. The zero-order valence-electron chi connectivity index (χ0n) is 13.0. The number of hydrogen-bond donors (Lipinski definition) is 0. The molecule has 6 nitrogen and oxygen atoms in total. The normalized spacial score (nSPS) is 14.9. The molecule has 0 atom stereocenters. The molecule has 9 heteroatoms. The number of rotatable bonds is 3. The van der Waals surface area contributed by atoms with Crippen molar-refractivity contribution in [1.82, 2.24) is 19.9 Å². The molecule has 0 N–H and O–H groups in total. The van der Waals surface area contributed by atoms with Crippen LogP contribution in [0.15, 0.2) is 40.5 Å². The summed E-state index contributed by atoms with van der Waals surface area (Å²) in [5, 5.41) is 0.792. The van der Waals surface area contributed by atoms with Crippen LogP contribution in [0, 0.1) is 5.82 Å². The number of halogens is 2. The molecule has 25 heavy (non-hydrogen) atoms. The van der Waals surface area contributed by atoms with E-state index in [2.05, 4.69) is 24.8 Å². The highest BCUT2D eigenvalue weighted by molar-refractivity contribution is 7.99. The van der Waals surface area contributed by atoms with Crippen molar-refractivity contribution >= 4 is 40.2 Å². The maximum absolute atomic E-state index is 13.1. The van der Waals surface area contributed by atoms with Crippen molar-refractivity contribution in [2.75, 3.05) is 31.2 Å². The Bertz CT molecular complexity index is 905. The molecule has 0 bridgehead atoms. The summed E-state index contributed by atoms with van der Waals surface area (Å²) in [6, 6.07) is 6.21. The van der Waals surface area contributed by atoms with Crippen LogP contribution < -0.4 is 4.90 Å². The van der Waals surface area contributed by atoms with Crippen LogP contribution in [-0.4, -0.2) is 46.2 Å². The maximum atomic E-state index is 13.1. The van der Waals surface area contributed by atoms with Crippen LogP contribution in [0.1, 0.15) is 0 Å². The van der Waals surface area contributed by atoms with Gasteiger partial charge in [0.15, 0.2) is 5.82 Å². The second-order valence-electron chi connectivity index (χ2n) is 5.35. The zero-order chi connectivity index (χ0) is 17.2. The van der Waals surface area contributed by atoms with Crippen molar-refractivity contribution in [3.8, 4) is 0 Å². The fourth-order valence-corrected chi connectivity index (χ4v) is 3.57. The van der Waals surface area contributed by atoms with E-state index in [4.69, 9.17) is 16.3 Å². The minimum absolute atomic E-state index is 0.143. The number of benzene rings is 1. The fraction of sp³-hybridized carbons (Fsp3) is 0.250. The third-order valence-corrected chi connectivity index (χ3v) is 4.91. The number of hydrogen-bond acceptors (Lipinski definition) is 7. The van der Waals surface area contributed by atoms with Crippen LogP contribution in [-0.2, 0) is 4.74 Å². The molecular weight excluding hydrogens is 365 g/mol. The topological polar surface area (TPSA) is 64.0 Å². The summed E-state index contributed by atoms with van der Waals surface area (Å²) in [4.78, 5) is 20.3. The lowest BCUT2D eigenvalue weighted by atomic mass is 10.3. The van der Waals surface area contributed by atoms with Gasteiger partial charge in [0.05, 0.1) is 13.2 Å². The van der Waals surface area contributed by atoms with Crippen molar-refractivity contribution in [3.63, 3.8) is 0 Å². The van der Waals surface area contributed by atoms with Crippen LogP contribution in [0.25, 0.3) is 11.0 Å². The molecule has 0 saturated carbocycles. The van der Waals surface area contributed by atoms with Crippen molar-refractivity contribution < 1.29 is 9.13 Å². The van der Waals surface area contributed by atoms with Gasteiger partial charge in [-0.25, -0.2) is 19.3 Å².